The summed E-state index contributed by atoms with van der Waals surface area (Å²) in [6.45, 7) is 1.67. The zero-order valence-electron chi connectivity index (χ0n) is 10.0. The molecule has 2 N–H and O–H groups in total. The Bertz CT molecular complexity index is 579. The Labute approximate surface area is 108 Å². The number of aromatic carboxylic acids is 1. The molecule has 98 valence electrons. The predicted octanol–water partition coefficient (Wildman–Crippen LogP) is 0.571. The van der Waals surface area contributed by atoms with Crippen molar-refractivity contribution in [2.75, 3.05) is 5.32 Å². The minimum Gasteiger partial charge on any atom is -0.477 e. The smallest absolute Gasteiger partial charge is 0.354 e. The summed E-state index contributed by atoms with van der Waals surface area (Å²) >= 11 is 0. The average Bonchev–Trinajstić information content (AvgIpc) is 2.92. The quantitative estimate of drug-likeness (QED) is 0.832. The van der Waals surface area contributed by atoms with Gasteiger partial charge in [0, 0.05) is 0 Å². The standard InChI is InChI=1S/C11H11N5O3/c1-7(16-6-12-5-14-16)10(17)15-8-2-3-9(11(18)19)13-4-8/h2-7H,1H3,(H,15,17)(H,18,19). The molecular formula is C11H11N5O3. The number of carboxylic acid groups (broad SMARTS) is 1. The van der Waals surface area contributed by atoms with E-state index < -0.39 is 12.0 Å². The molecule has 0 bridgehead atoms. The molecule has 8 heteroatoms. The summed E-state index contributed by atoms with van der Waals surface area (Å²) in [6, 6.07) is 2.27. The van der Waals surface area contributed by atoms with Crippen molar-refractivity contribution >= 4 is 17.6 Å². The summed E-state index contributed by atoms with van der Waals surface area (Å²) in [4.78, 5) is 30.0. The normalized spacial score (nSPS) is 11.8. The van der Waals surface area contributed by atoms with Gasteiger partial charge in [0.2, 0.25) is 5.91 Å². The number of nitrogens with zero attached hydrogens (tertiary/aromatic N) is 4. The van der Waals surface area contributed by atoms with E-state index >= 15 is 0 Å². The lowest BCUT2D eigenvalue weighted by atomic mass is 10.3. The van der Waals surface area contributed by atoms with Gasteiger partial charge in [-0.3, -0.25) is 4.79 Å². The van der Waals surface area contributed by atoms with E-state index in [1.807, 2.05) is 0 Å². The van der Waals surface area contributed by atoms with E-state index in [4.69, 9.17) is 5.11 Å². The van der Waals surface area contributed by atoms with E-state index in [0.29, 0.717) is 5.69 Å². The summed E-state index contributed by atoms with van der Waals surface area (Å²) in [5, 5.41) is 15.2. The van der Waals surface area contributed by atoms with E-state index in [0.717, 1.165) is 0 Å². The third-order valence-electron chi connectivity index (χ3n) is 2.46. The number of hydrogen-bond acceptors (Lipinski definition) is 5. The molecule has 0 fully saturated rings. The van der Waals surface area contributed by atoms with Crippen LogP contribution in [0.2, 0.25) is 0 Å². The van der Waals surface area contributed by atoms with E-state index in [1.165, 1.54) is 35.7 Å². The molecule has 1 atom stereocenters. The van der Waals surface area contributed by atoms with Crippen molar-refractivity contribution in [3.05, 3.63) is 36.7 Å². The molecule has 0 saturated heterocycles. The maximum Gasteiger partial charge on any atom is 0.354 e. The minimum atomic E-state index is -1.12. The van der Waals surface area contributed by atoms with Crippen molar-refractivity contribution in [1.82, 2.24) is 19.7 Å². The minimum absolute atomic E-state index is 0.0812. The molecule has 0 aliphatic rings. The largest absolute Gasteiger partial charge is 0.477 e. The highest BCUT2D eigenvalue weighted by molar-refractivity contribution is 5.93. The molecule has 2 heterocycles. The number of anilines is 1. The highest BCUT2D eigenvalue weighted by Crippen LogP contribution is 2.10. The molecule has 19 heavy (non-hydrogen) atoms. The fourth-order valence-electron chi connectivity index (χ4n) is 1.38. The van der Waals surface area contributed by atoms with E-state index in [-0.39, 0.29) is 11.6 Å². The van der Waals surface area contributed by atoms with Gasteiger partial charge in [-0.1, -0.05) is 0 Å². The van der Waals surface area contributed by atoms with Crippen LogP contribution in [0, 0.1) is 0 Å². The van der Waals surface area contributed by atoms with Gasteiger partial charge in [-0.05, 0) is 19.1 Å². The van der Waals surface area contributed by atoms with Gasteiger partial charge in [-0.25, -0.2) is 19.4 Å². The second kappa shape index (κ2) is 5.25. The first-order valence-electron chi connectivity index (χ1n) is 5.42. The third-order valence-corrected chi connectivity index (χ3v) is 2.46. The van der Waals surface area contributed by atoms with Crippen molar-refractivity contribution in [3.8, 4) is 0 Å². The summed E-state index contributed by atoms with van der Waals surface area (Å²) < 4.78 is 1.41. The number of aromatic nitrogens is 4. The number of nitrogens with one attached hydrogen (secondary N) is 1. The van der Waals surface area contributed by atoms with Gasteiger partial charge in [-0.15, -0.1) is 0 Å². The number of carboxylic acids is 1. The Morgan fingerprint density at radius 1 is 1.42 bits per heavy atom. The Kier molecular flexibility index (Phi) is 3.51. The molecule has 0 saturated carbocycles. The Morgan fingerprint density at radius 2 is 2.21 bits per heavy atom. The van der Waals surface area contributed by atoms with E-state index in [1.54, 1.807) is 6.92 Å². The molecule has 2 aromatic rings. The zero-order valence-corrected chi connectivity index (χ0v) is 10.0. The van der Waals surface area contributed by atoms with Crippen LogP contribution in [0.1, 0.15) is 23.5 Å². The Balaban J connectivity index is 2.04. The second-order valence-corrected chi connectivity index (χ2v) is 3.78. The lowest BCUT2D eigenvalue weighted by Gasteiger charge is -2.11. The number of hydrogen-bond donors (Lipinski definition) is 2. The fourth-order valence-corrected chi connectivity index (χ4v) is 1.38. The number of pyridine rings is 1. The molecule has 0 aliphatic heterocycles. The number of carbonyl (C=O) groups excluding carboxylic acids is 1. The maximum absolute atomic E-state index is 11.9. The van der Waals surface area contributed by atoms with Gasteiger partial charge >= 0.3 is 5.97 Å². The van der Waals surface area contributed by atoms with Crippen LogP contribution in [0.3, 0.4) is 0 Å². The van der Waals surface area contributed by atoms with E-state index in [9.17, 15) is 9.59 Å². The first-order valence-corrected chi connectivity index (χ1v) is 5.42. The Morgan fingerprint density at radius 3 is 2.74 bits per heavy atom. The third kappa shape index (κ3) is 2.92. The van der Waals surface area contributed by atoms with Gasteiger partial charge in [0.25, 0.3) is 0 Å². The summed E-state index contributed by atoms with van der Waals surface area (Å²) in [5.74, 6) is -1.41. The molecule has 8 nitrogen and oxygen atoms in total. The average molecular weight is 261 g/mol. The second-order valence-electron chi connectivity index (χ2n) is 3.78. The van der Waals surface area contributed by atoms with Gasteiger partial charge in [0.15, 0.2) is 0 Å². The van der Waals surface area contributed by atoms with Crippen molar-refractivity contribution in [2.45, 2.75) is 13.0 Å². The van der Waals surface area contributed by atoms with Crippen molar-refractivity contribution in [2.24, 2.45) is 0 Å². The maximum atomic E-state index is 11.9. The van der Waals surface area contributed by atoms with Crippen molar-refractivity contribution in [1.29, 1.82) is 0 Å². The van der Waals surface area contributed by atoms with Crippen LogP contribution in [0.5, 0.6) is 0 Å². The summed E-state index contributed by atoms with van der Waals surface area (Å²) in [6.07, 6.45) is 4.07. The first-order chi connectivity index (χ1) is 9.08. The molecule has 0 spiro atoms. The van der Waals surface area contributed by atoms with Crippen LogP contribution in [0.4, 0.5) is 5.69 Å². The number of amides is 1. The molecule has 0 aliphatic carbocycles. The molecule has 0 radical (unpaired) electrons. The predicted molar refractivity (Wildman–Crippen MR) is 64.6 cm³/mol. The van der Waals surface area contributed by atoms with Crippen LogP contribution in [-0.2, 0) is 4.79 Å². The van der Waals surface area contributed by atoms with Crippen LogP contribution in [0.25, 0.3) is 0 Å². The van der Waals surface area contributed by atoms with Crippen molar-refractivity contribution < 1.29 is 14.7 Å². The molecule has 2 rings (SSSR count). The van der Waals surface area contributed by atoms with Crippen LogP contribution in [0.15, 0.2) is 31.0 Å². The zero-order chi connectivity index (χ0) is 13.8. The van der Waals surface area contributed by atoms with Gasteiger partial charge in [-0.2, -0.15) is 5.10 Å². The summed E-state index contributed by atoms with van der Waals surface area (Å²) in [5.41, 5.74) is 0.337. The molecule has 1 unspecified atom stereocenters. The van der Waals surface area contributed by atoms with E-state index in [2.05, 4.69) is 20.4 Å². The number of carbonyl (C=O) groups is 2. The molecular weight excluding hydrogens is 250 g/mol. The highest BCUT2D eigenvalue weighted by atomic mass is 16.4. The number of rotatable bonds is 4. The van der Waals surface area contributed by atoms with Crippen molar-refractivity contribution in [3.63, 3.8) is 0 Å². The summed E-state index contributed by atoms with van der Waals surface area (Å²) in [7, 11) is 0. The van der Waals surface area contributed by atoms with Gasteiger partial charge in [0.05, 0.1) is 11.9 Å². The topological polar surface area (TPSA) is 110 Å². The van der Waals surface area contributed by atoms with Gasteiger partial charge < -0.3 is 10.4 Å². The molecule has 1 amide bonds. The molecule has 0 aromatic carbocycles. The van der Waals surface area contributed by atoms with Crippen LogP contribution >= 0.6 is 0 Å². The monoisotopic (exact) mass is 261 g/mol. The lowest BCUT2D eigenvalue weighted by molar-refractivity contribution is -0.119. The highest BCUT2D eigenvalue weighted by Gasteiger charge is 2.15. The fraction of sp³-hybridized carbons (Fsp3) is 0.182. The SMILES string of the molecule is CC(C(=O)Nc1ccc(C(=O)O)nc1)n1cncn1. The molecule has 2 aromatic heterocycles. The lowest BCUT2D eigenvalue weighted by Crippen LogP contribution is -2.24. The Hall–Kier alpha value is -2.77. The van der Waals surface area contributed by atoms with Crippen LogP contribution < -0.4 is 5.32 Å². The van der Waals surface area contributed by atoms with Crippen LogP contribution in [-0.4, -0.2) is 36.7 Å². The first kappa shape index (κ1) is 12.7. The van der Waals surface area contributed by atoms with Gasteiger partial charge in [0.1, 0.15) is 24.4 Å².